The molecule has 6 heteroatoms. The molecule has 0 saturated carbocycles. The Bertz CT molecular complexity index is 427. The maximum atomic E-state index is 11.7. The maximum absolute atomic E-state index is 11.7. The van der Waals surface area contributed by atoms with E-state index in [1.54, 1.807) is 11.4 Å². The molecule has 0 aliphatic heterocycles. The van der Waals surface area contributed by atoms with Crippen molar-refractivity contribution >= 4 is 23.2 Å². The third-order valence-electron chi connectivity index (χ3n) is 2.87. The zero-order valence-electron chi connectivity index (χ0n) is 11.4. The van der Waals surface area contributed by atoms with E-state index in [4.69, 9.17) is 5.73 Å². The fourth-order valence-electron chi connectivity index (χ4n) is 1.74. The number of nitrogens with one attached hydrogen (secondary N) is 1. The fraction of sp³-hybridized carbons (Fsp3) is 0.538. The van der Waals surface area contributed by atoms with Crippen LogP contribution in [0.25, 0.3) is 0 Å². The standard InChI is InChI=1S/C13H21N3O2S/c1-3-16(4-2)12(17)5-6-15-8-11-7-10(9-19-11)13(14)18/h7,9,15H,3-6,8H2,1-2H3,(H2,14,18). The lowest BCUT2D eigenvalue weighted by Gasteiger charge is -2.18. The molecule has 1 rings (SSSR count). The molecule has 0 aliphatic carbocycles. The first-order valence-corrected chi connectivity index (χ1v) is 7.32. The molecule has 106 valence electrons. The van der Waals surface area contributed by atoms with Crippen LogP contribution in [0.2, 0.25) is 0 Å². The summed E-state index contributed by atoms with van der Waals surface area (Å²) >= 11 is 1.49. The van der Waals surface area contributed by atoms with Gasteiger partial charge in [-0.05, 0) is 19.9 Å². The SMILES string of the molecule is CCN(CC)C(=O)CCNCc1cc(C(N)=O)cs1. The molecule has 0 radical (unpaired) electrons. The number of primary amides is 1. The third kappa shape index (κ3) is 5.00. The number of amides is 2. The van der Waals surface area contributed by atoms with Crippen LogP contribution >= 0.6 is 11.3 Å². The molecule has 1 heterocycles. The van der Waals surface area contributed by atoms with Crippen molar-refractivity contribution in [3.8, 4) is 0 Å². The van der Waals surface area contributed by atoms with Crippen molar-refractivity contribution in [3.63, 3.8) is 0 Å². The van der Waals surface area contributed by atoms with Crippen molar-refractivity contribution in [2.45, 2.75) is 26.8 Å². The van der Waals surface area contributed by atoms with Crippen LogP contribution in [0, 0.1) is 0 Å². The average Bonchev–Trinajstić information content (AvgIpc) is 2.85. The molecule has 0 unspecified atom stereocenters. The highest BCUT2D eigenvalue weighted by atomic mass is 32.1. The van der Waals surface area contributed by atoms with Gasteiger partial charge in [0.2, 0.25) is 11.8 Å². The minimum atomic E-state index is -0.404. The summed E-state index contributed by atoms with van der Waals surface area (Å²) in [5.74, 6) is -0.235. The summed E-state index contributed by atoms with van der Waals surface area (Å²) in [5, 5.41) is 4.95. The van der Waals surface area contributed by atoms with Crippen LogP contribution in [0.15, 0.2) is 11.4 Å². The number of carbonyl (C=O) groups is 2. The Morgan fingerprint density at radius 3 is 2.58 bits per heavy atom. The highest BCUT2D eigenvalue weighted by Crippen LogP contribution is 2.13. The van der Waals surface area contributed by atoms with Crippen LogP contribution in [-0.4, -0.2) is 36.3 Å². The van der Waals surface area contributed by atoms with E-state index in [1.807, 2.05) is 18.7 Å². The van der Waals surface area contributed by atoms with Gasteiger partial charge >= 0.3 is 0 Å². The van der Waals surface area contributed by atoms with Crippen molar-refractivity contribution in [1.82, 2.24) is 10.2 Å². The normalized spacial score (nSPS) is 10.4. The first kappa shape index (κ1) is 15.7. The molecule has 1 aromatic heterocycles. The molecule has 0 atom stereocenters. The van der Waals surface area contributed by atoms with Crippen molar-refractivity contribution in [1.29, 1.82) is 0 Å². The van der Waals surface area contributed by atoms with Gasteiger partial charge in [-0.1, -0.05) is 0 Å². The van der Waals surface area contributed by atoms with Crippen LogP contribution < -0.4 is 11.1 Å². The van der Waals surface area contributed by atoms with E-state index in [1.165, 1.54) is 11.3 Å². The molecule has 1 aromatic rings. The van der Waals surface area contributed by atoms with E-state index in [0.29, 0.717) is 25.1 Å². The van der Waals surface area contributed by atoms with Crippen LogP contribution in [-0.2, 0) is 11.3 Å². The largest absolute Gasteiger partial charge is 0.366 e. The number of nitrogens with zero attached hydrogens (tertiary/aromatic N) is 1. The van der Waals surface area contributed by atoms with Crippen molar-refractivity contribution < 1.29 is 9.59 Å². The monoisotopic (exact) mass is 283 g/mol. The zero-order chi connectivity index (χ0) is 14.3. The number of hydrogen-bond acceptors (Lipinski definition) is 4. The second-order valence-corrected chi connectivity index (χ2v) is 5.15. The topological polar surface area (TPSA) is 75.4 Å². The zero-order valence-corrected chi connectivity index (χ0v) is 12.3. The van der Waals surface area contributed by atoms with Crippen LogP contribution in [0.3, 0.4) is 0 Å². The van der Waals surface area contributed by atoms with Gasteiger partial charge in [-0.3, -0.25) is 9.59 Å². The first-order valence-electron chi connectivity index (χ1n) is 6.44. The predicted molar refractivity (Wildman–Crippen MR) is 77.1 cm³/mol. The lowest BCUT2D eigenvalue weighted by molar-refractivity contribution is -0.130. The molecule has 0 spiro atoms. The summed E-state index contributed by atoms with van der Waals surface area (Å²) in [7, 11) is 0. The Labute approximate surface area is 117 Å². The smallest absolute Gasteiger partial charge is 0.249 e. The highest BCUT2D eigenvalue weighted by molar-refractivity contribution is 7.10. The quantitative estimate of drug-likeness (QED) is 0.704. The summed E-state index contributed by atoms with van der Waals surface area (Å²) in [4.78, 5) is 25.5. The Hall–Kier alpha value is -1.40. The summed E-state index contributed by atoms with van der Waals surface area (Å²) < 4.78 is 0. The van der Waals surface area contributed by atoms with Gasteiger partial charge in [0.15, 0.2) is 0 Å². The van der Waals surface area contributed by atoms with Gasteiger partial charge in [0.1, 0.15) is 0 Å². The minimum Gasteiger partial charge on any atom is -0.366 e. The van der Waals surface area contributed by atoms with Crippen LogP contribution in [0.5, 0.6) is 0 Å². The van der Waals surface area contributed by atoms with Gasteiger partial charge < -0.3 is 16.0 Å². The van der Waals surface area contributed by atoms with E-state index < -0.39 is 5.91 Å². The van der Waals surface area contributed by atoms with E-state index >= 15 is 0 Å². The molecule has 0 saturated heterocycles. The number of rotatable bonds is 8. The lowest BCUT2D eigenvalue weighted by Crippen LogP contribution is -2.32. The Morgan fingerprint density at radius 1 is 1.37 bits per heavy atom. The summed E-state index contributed by atoms with van der Waals surface area (Å²) in [6.45, 7) is 6.75. The van der Waals surface area contributed by atoms with Gasteiger partial charge in [-0.2, -0.15) is 0 Å². The minimum absolute atomic E-state index is 0.168. The molecular formula is C13H21N3O2S. The van der Waals surface area contributed by atoms with E-state index in [2.05, 4.69) is 5.32 Å². The van der Waals surface area contributed by atoms with E-state index in [-0.39, 0.29) is 5.91 Å². The highest BCUT2D eigenvalue weighted by Gasteiger charge is 2.09. The summed E-state index contributed by atoms with van der Waals surface area (Å²) in [6.07, 6.45) is 0.496. The molecule has 0 bridgehead atoms. The van der Waals surface area contributed by atoms with Crippen LogP contribution in [0.4, 0.5) is 0 Å². The molecule has 0 aromatic carbocycles. The van der Waals surface area contributed by atoms with Crippen molar-refractivity contribution in [2.24, 2.45) is 5.73 Å². The third-order valence-corrected chi connectivity index (χ3v) is 3.81. The number of nitrogens with two attached hydrogens (primary N) is 1. The van der Waals surface area contributed by atoms with Crippen LogP contribution in [0.1, 0.15) is 35.5 Å². The van der Waals surface area contributed by atoms with Gasteiger partial charge in [0.05, 0.1) is 5.56 Å². The van der Waals surface area contributed by atoms with Gasteiger partial charge in [0.25, 0.3) is 0 Å². The van der Waals surface area contributed by atoms with Gasteiger partial charge in [-0.15, -0.1) is 11.3 Å². The number of hydrogen-bond donors (Lipinski definition) is 2. The second kappa shape index (κ2) is 7.91. The number of carbonyl (C=O) groups excluding carboxylic acids is 2. The molecule has 5 nitrogen and oxygen atoms in total. The average molecular weight is 283 g/mol. The summed E-state index contributed by atoms with van der Waals surface area (Å²) in [5.41, 5.74) is 5.73. The van der Waals surface area contributed by atoms with Gasteiger partial charge in [-0.25, -0.2) is 0 Å². The first-order chi connectivity index (χ1) is 9.08. The fourth-order valence-corrected chi connectivity index (χ4v) is 2.59. The molecule has 3 N–H and O–H groups in total. The second-order valence-electron chi connectivity index (χ2n) is 4.16. The maximum Gasteiger partial charge on any atom is 0.249 e. The van der Waals surface area contributed by atoms with E-state index in [0.717, 1.165) is 18.0 Å². The molecular weight excluding hydrogens is 262 g/mol. The van der Waals surface area contributed by atoms with Crippen molar-refractivity contribution in [2.75, 3.05) is 19.6 Å². The molecule has 0 aliphatic rings. The number of thiophene rings is 1. The predicted octanol–water partition coefficient (Wildman–Crippen LogP) is 1.20. The Balaban J connectivity index is 2.27. The van der Waals surface area contributed by atoms with Gasteiger partial charge in [0, 0.05) is 42.9 Å². The summed E-state index contributed by atoms with van der Waals surface area (Å²) in [6, 6.07) is 1.78. The molecule has 19 heavy (non-hydrogen) atoms. The molecule has 0 fully saturated rings. The Morgan fingerprint density at radius 2 is 2.05 bits per heavy atom. The van der Waals surface area contributed by atoms with E-state index in [9.17, 15) is 9.59 Å². The molecule has 2 amide bonds. The Kier molecular flexibility index (Phi) is 6.52. The lowest BCUT2D eigenvalue weighted by atomic mass is 10.3. The van der Waals surface area contributed by atoms with Crippen molar-refractivity contribution in [3.05, 3.63) is 21.9 Å².